The molecule has 3 aliphatic rings. The number of fused-ring (bicyclic) bond motifs is 1. The number of rotatable bonds is 4. The summed E-state index contributed by atoms with van der Waals surface area (Å²) in [6.45, 7) is 5.86. The number of ether oxygens (including phenoxy) is 1. The second-order valence-electron chi connectivity index (χ2n) is 7.74. The summed E-state index contributed by atoms with van der Waals surface area (Å²) in [4.78, 5) is 17.2. The first kappa shape index (κ1) is 17.0. The van der Waals surface area contributed by atoms with Crippen molar-refractivity contribution < 1.29 is 13.9 Å². The molecule has 1 amide bonds. The van der Waals surface area contributed by atoms with Crippen molar-refractivity contribution in [3.8, 4) is 0 Å². The maximum absolute atomic E-state index is 13.0. The van der Waals surface area contributed by atoms with Crippen LogP contribution in [0.1, 0.15) is 24.8 Å². The average Bonchev–Trinajstić information content (AvgIpc) is 3.27. The van der Waals surface area contributed by atoms with Crippen molar-refractivity contribution in [1.29, 1.82) is 0 Å². The molecule has 0 aliphatic carbocycles. The van der Waals surface area contributed by atoms with E-state index in [2.05, 4.69) is 4.90 Å². The highest BCUT2D eigenvalue weighted by atomic mass is 19.1. The Kier molecular flexibility index (Phi) is 5.04. The lowest BCUT2D eigenvalue weighted by atomic mass is 9.84. The van der Waals surface area contributed by atoms with Gasteiger partial charge in [-0.05, 0) is 56.0 Å². The van der Waals surface area contributed by atoms with Gasteiger partial charge in [0, 0.05) is 25.6 Å². The third-order valence-corrected chi connectivity index (χ3v) is 6.07. The van der Waals surface area contributed by atoms with Crippen molar-refractivity contribution in [2.45, 2.75) is 31.8 Å². The maximum Gasteiger partial charge on any atom is 0.227 e. The van der Waals surface area contributed by atoms with E-state index in [0.29, 0.717) is 18.3 Å². The van der Waals surface area contributed by atoms with Crippen molar-refractivity contribution in [3.05, 3.63) is 35.6 Å². The van der Waals surface area contributed by atoms with Crippen LogP contribution in [0.5, 0.6) is 0 Å². The van der Waals surface area contributed by atoms with E-state index < -0.39 is 0 Å². The Balaban J connectivity index is 1.35. The Morgan fingerprint density at radius 1 is 1.16 bits per heavy atom. The topological polar surface area (TPSA) is 32.8 Å². The molecule has 3 fully saturated rings. The first-order valence-corrected chi connectivity index (χ1v) is 9.55. The van der Waals surface area contributed by atoms with Gasteiger partial charge in [-0.15, -0.1) is 0 Å². The van der Waals surface area contributed by atoms with Gasteiger partial charge in [-0.25, -0.2) is 4.39 Å². The molecule has 0 N–H and O–H groups in total. The Hall–Kier alpha value is -1.46. The minimum Gasteiger partial charge on any atom is -0.376 e. The zero-order chi connectivity index (χ0) is 17.2. The summed E-state index contributed by atoms with van der Waals surface area (Å²) in [5.74, 6) is 0.954. The van der Waals surface area contributed by atoms with Gasteiger partial charge < -0.3 is 14.5 Å². The van der Waals surface area contributed by atoms with E-state index in [1.807, 2.05) is 4.90 Å². The Morgan fingerprint density at radius 2 is 1.92 bits per heavy atom. The molecular weight excluding hydrogens is 319 g/mol. The maximum atomic E-state index is 13.0. The van der Waals surface area contributed by atoms with Gasteiger partial charge in [0.25, 0.3) is 0 Å². The van der Waals surface area contributed by atoms with Crippen LogP contribution in [0.15, 0.2) is 24.3 Å². The number of amides is 1. The number of nitrogens with zero attached hydrogens (tertiary/aromatic N) is 2. The summed E-state index contributed by atoms with van der Waals surface area (Å²) in [5.41, 5.74) is 0.879. The van der Waals surface area contributed by atoms with Crippen molar-refractivity contribution in [1.82, 2.24) is 9.80 Å². The van der Waals surface area contributed by atoms with Crippen molar-refractivity contribution in [2.75, 3.05) is 39.3 Å². The lowest BCUT2D eigenvalue weighted by Gasteiger charge is -2.37. The molecule has 5 heteroatoms. The number of hydrogen-bond donors (Lipinski definition) is 0. The fourth-order valence-corrected chi connectivity index (χ4v) is 4.55. The summed E-state index contributed by atoms with van der Waals surface area (Å²) in [6.07, 6.45) is 4.25. The fourth-order valence-electron chi connectivity index (χ4n) is 4.55. The highest BCUT2D eigenvalue weighted by molar-refractivity contribution is 5.78. The van der Waals surface area contributed by atoms with Crippen LogP contribution in [0.2, 0.25) is 0 Å². The largest absolute Gasteiger partial charge is 0.376 e. The predicted octanol–water partition coefficient (Wildman–Crippen LogP) is 2.33. The molecule has 1 aromatic rings. The molecule has 4 nitrogen and oxygen atoms in total. The average molecular weight is 346 g/mol. The monoisotopic (exact) mass is 346 g/mol. The van der Waals surface area contributed by atoms with Crippen LogP contribution in [0.4, 0.5) is 4.39 Å². The second kappa shape index (κ2) is 7.42. The molecule has 0 radical (unpaired) electrons. The molecule has 3 atom stereocenters. The molecule has 3 saturated heterocycles. The molecule has 1 aromatic carbocycles. The van der Waals surface area contributed by atoms with Gasteiger partial charge in [0.05, 0.1) is 19.1 Å². The molecule has 0 aromatic heterocycles. The molecule has 0 spiro atoms. The first-order chi connectivity index (χ1) is 12.2. The van der Waals surface area contributed by atoms with E-state index in [0.717, 1.165) is 38.2 Å². The van der Waals surface area contributed by atoms with Crippen molar-refractivity contribution in [3.63, 3.8) is 0 Å². The van der Waals surface area contributed by atoms with E-state index >= 15 is 0 Å². The molecule has 4 rings (SSSR count). The van der Waals surface area contributed by atoms with Gasteiger partial charge >= 0.3 is 0 Å². The first-order valence-electron chi connectivity index (χ1n) is 9.55. The van der Waals surface area contributed by atoms with Gasteiger partial charge in [-0.2, -0.15) is 0 Å². The van der Waals surface area contributed by atoms with Gasteiger partial charge in [0.15, 0.2) is 0 Å². The fraction of sp³-hybridized carbons (Fsp3) is 0.650. The summed E-state index contributed by atoms with van der Waals surface area (Å²) in [6, 6.07) is 6.25. The lowest BCUT2D eigenvalue weighted by molar-refractivity contribution is -0.133. The van der Waals surface area contributed by atoms with Crippen LogP contribution in [0.3, 0.4) is 0 Å². The Labute approximate surface area is 148 Å². The van der Waals surface area contributed by atoms with Gasteiger partial charge in [0.2, 0.25) is 5.91 Å². The van der Waals surface area contributed by atoms with Crippen LogP contribution in [-0.2, 0) is 16.0 Å². The number of hydrogen-bond acceptors (Lipinski definition) is 3. The Bertz CT molecular complexity index is 600. The molecule has 0 bridgehead atoms. The summed E-state index contributed by atoms with van der Waals surface area (Å²) in [5, 5.41) is 0. The number of benzene rings is 1. The highest BCUT2D eigenvalue weighted by Crippen LogP contribution is 2.35. The van der Waals surface area contributed by atoms with Crippen LogP contribution in [0.25, 0.3) is 0 Å². The van der Waals surface area contributed by atoms with Gasteiger partial charge in [-0.1, -0.05) is 12.1 Å². The number of piperidine rings is 1. The van der Waals surface area contributed by atoms with E-state index in [4.69, 9.17) is 4.74 Å². The lowest BCUT2D eigenvalue weighted by Crippen LogP contribution is -2.47. The third-order valence-electron chi connectivity index (χ3n) is 6.07. The minimum atomic E-state index is -0.259. The van der Waals surface area contributed by atoms with Crippen molar-refractivity contribution >= 4 is 5.91 Å². The number of carbonyl (C=O) groups is 1. The quantitative estimate of drug-likeness (QED) is 0.839. The SMILES string of the molecule is O=C(Cc1ccc(F)cc1)N1CC[C@H]2CO[C@H](CN3CCCC3)[C@H]2C1. The number of likely N-dealkylation sites (tertiary alicyclic amines) is 2. The van der Waals surface area contributed by atoms with Crippen LogP contribution in [-0.4, -0.2) is 61.1 Å². The Morgan fingerprint density at radius 3 is 2.68 bits per heavy atom. The van der Waals surface area contributed by atoms with Crippen LogP contribution in [0, 0.1) is 17.7 Å². The highest BCUT2D eigenvalue weighted by Gasteiger charge is 2.42. The zero-order valence-electron chi connectivity index (χ0n) is 14.7. The molecule has 136 valence electrons. The predicted molar refractivity (Wildman–Crippen MR) is 93.7 cm³/mol. The van der Waals surface area contributed by atoms with E-state index in [-0.39, 0.29) is 17.8 Å². The van der Waals surface area contributed by atoms with E-state index in [1.54, 1.807) is 12.1 Å². The second-order valence-corrected chi connectivity index (χ2v) is 7.74. The summed E-state index contributed by atoms with van der Waals surface area (Å²) < 4.78 is 19.1. The molecule has 3 aliphatic heterocycles. The van der Waals surface area contributed by atoms with E-state index in [1.165, 1.54) is 38.1 Å². The molecule has 0 unspecified atom stereocenters. The number of halogens is 1. The minimum absolute atomic E-state index is 0.150. The van der Waals surface area contributed by atoms with Crippen LogP contribution >= 0.6 is 0 Å². The smallest absolute Gasteiger partial charge is 0.227 e. The standard InChI is InChI=1S/C20H27FN2O2/c21-17-5-3-15(4-6-17)11-20(24)23-10-7-16-14-25-19(18(16)12-23)13-22-8-1-2-9-22/h3-6,16,18-19H,1-2,7-14H2/t16-,18-,19+/m0/s1. The van der Waals surface area contributed by atoms with Gasteiger partial charge in [0.1, 0.15) is 5.82 Å². The van der Waals surface area contributed by atoms with E-state index in [9.17, 15) is 9.18 Å². The normalized spacial score (nSPS) is 29.8. The van der Waals surface area contributed by atoms with Crippen LogP contribution < -0.4 is 0 Å². The summed E-state index contributed by atoms with van der Waals surface area (Å²) >= 11 is 0. The molecule has 25 heavy (non-hydrogen) atoms. The van der Waals surface area contributed by atoms with Gasteiger partial charge in [-0.3, -0.25) is 4.79 Å². The van der Waals surface area contributed by atoms with Crippen molar-refractivity contribution in [2.24, 2.45) is 11.8 Å². The zero-order valence-corrected chi connectivity index (χ0v) is 14.7. The molecular formula is C20H27FN2O2. The number of carbonyl (C=O) groups excluding carboxylic acids is 1. The molecule has 0 saturated carbocycles. The summed E-state index contributed by atoms with van der Waals surface area (Å²) in [7, 11) is 0. The molecule has 3 heterocycles. The third kappa shape index (κ3) is 3.87.